The fourth-order valence-corrected chi connectivity index (χ4v) is 13.0. The molecule has 0 N–H and O–H groups in total. The van der Waals surface area contributed by atoms with E-state index in [9.17, 15) is 0 Å². The summed E-state index contributed by atoms with van der Waals surface area (Å²) >= 11 is 0. The molecule has 0 radical (unpaired) electrons. The molecular formula is C67H68BN3. The van der Waals surface area contributed by atoms with Crippen molar-refractivity contribution in [3.8, 4) is 11.1 Å². The third-order valence-corrected chi connectivity index (χ3v) is 17.2. The second-order valence-corrected chi connectivity index (χ2v) is 24.7. The van der Waals surface area contributed by atoms with Crippen molar-refractivity contribution in [2.75, 3.05) is 14.7 Å². The van der Waals surface area contributed by atoms with Crippen LogP contribution in [0.4, 0.5) is 45.5 Å². The molecule has 0 saturated heterocycles. The second kappa shape index (κ2) is 15.6. The summed E-state index contributed by atoms with van der Waals surface area (Å²) in [6.07, 6.45) is 2.13. The minimum absolute atomic E-state index is 0.00261. The first-order chi connectivity index (χ1) is 33.8. The van der Waals surface area contributed by atoms with Gasteiger partial charge in [0.15, 0.2) is 0 Å². The number of hydrogen-bond donors (Lipinski definition) is 0. The van der Waals surface area contributed by atoms with Crippen molar-refractivity contribution in [3.63, 3.8) is 0 Å². The molecule has 0 bridgehead atoms. The Morgan fingerprint density at radius 3 is 1.72 bits per heavy atom. The smallest absolute Gasteiger partial charge is 0.252 e. The van der Waals surface area contributed by atoms with Crippen LogP contribution in [0.1, 0.15) is 122 Å². The highest BCUT2D eigenvalue weighted by Crippen LogP contribution is 2.64. The van der Waals surface area contributed by atoms with E-state index in [0.29, 0.717) is 0 Å². The number of anilines is 8. The lowest BCUT2D eigenvalue weighted by Crippen LogP contribution is -2.61. The van der Waals surface area contributed by atoms with Gasteiger partial charge >= 0.3 is 0 Å². The molecule has 4 heteroatoms. The number of nitrogens with zero attached hydrogens (tertiary/aromatic N) is 3. The average Bonchev–Trinajstić information content (AvgIpc) is 3.56. The van der Waals surface area contributed by atoms with Crippen LogP contribution in [0.15, 0.2) is 170 Å². The quantitative estimate of drug-likeness (QED) is 0.163. The number of benzene rings is 8. The minimum Gasteiger partial charge on any atom is -0.330 e. The summed E-state index contributed by atoms with van der Waals surface area (Å²) in [6.45, 7) is 28.3. The van der Waals surface area contributed by atoms with Gasteiger partial charge in [-0.1, -0.05) is 172 Å². The molecule has 8 aromatic carbocycles. The van der Waals surface area contributed by atoms with E-state index in [1.165, 1.54) is 112 Å². The lowest BCUT2D eigenvalue weighted by molar-refractivity contribution is 0.245. The lowest BCUT2D eigenvalue weighted by Gasteiger charge is -2.51. The molecule has 3 aliphatic heterocycles. The lowest BCUT2D eigenvalue weighted by atomic mass is 9.33. The Hall–Kier alpha value is -6.78. The Morgan fingerprint density at radius 2 is 1.03 bits per heavy atom. The van der Waals surface area contributed by atoms with E-state index in [1.807, 2.05) is 0 Å². The first kappa shape index (κ1) is 45.4. The first-order valence-electron chi connectivity index (χ1n) is 26.1. The SMILES string of the molecule is Cc1cc2c3c(c1)N(c1cccc(C(C)(C)C)c1)c1cc(C(C)(C)C)ccc1B3c1ccc(N3c4ccc(-c5ccccc5)cc4C4(C)CCc5ccccc5C34C)cc1N2c1ccc(C(C)(C)C)cc1. The third kappa shape index (κ3) is 6.83. The van der Waals surface area contributed by atoms with E-state index < -0.39 is 0 Å². The summed E-state index contributed by atoms with van der Waals surface area (Å²) in [7, 11) is 0. The van der Waals surface area contributed by atoms with Gasteiger partial charge in [0.05, 0.1) is 5.54 Å². The minimum atomic E-state index is -0.355. The van der Waals surface area contributed by atoms with E-state index in [0.717, 1.165) is 12.8 Å². The molecule has 2 atom stereocenters. The van der Waals surface area contributed by atoms with Crippen LogP contribution < -0.4 is 31.1 Å². The van der Waals surface area contributed by atoms with Crippen LogP contribution in [0.25, 0.3) is 11.1 Å². The van der Waals surface area contributed by atoms with Gasteiger partial charge in [0.1, 0.15) is 0 Å². The van der Waals surface area contributed by atoms with E-state index in [-0.39, 0.29) is 33.9 Å². The van der Waals surface area contributed by atoms with Crippen molar-refractivity contribution < 1.29 is 0 Å². The second-order valence-electron chi connectivity index (χ2n) is 24.7. The molecule has 0 amide bonds. The van der Waals surface area contributed by atoms with Gasteiger partial charge in [-0.25, -0.2) is 0 Å². The van der Waals surface area contributed by atoms with Gasteiger partial charge < -0.3 is 14.7 Å². The fraction of sp³-hybridized carbons (Fsp3) is 0.284. The third-order valence-electron chi connectivity index (χ3n) is 17.2. The Morgan fingerprint density at radius 1 is 0.437 bits per heavy atom. The molecule has 12 rings (SSSR count). The molecule has 4 aliphatic rings. The van der Waals surface area contributed by atoms with Crippen molar-refractivity contribution in [1.29, 1.82) is 0 Å². The predicted octanol–water partition coefficient (Wildman–Crippen LogP) is 15.9. The van der Waals surface area contributed by atoms with Crippen molar-refractivity contribution in [1.82, 2.24) is 0 Å². The first-order valence-corrected chi connectivity index (χ1v) is 26.1. The van der Waals surface area contributed by atoms with E-state index in [1.54, 1.807) is 0 Å². The Balaban J connectivity index is 1.13. The number of rotatable bonds is 4. The molecule has 0 spiro atoms. The van der Waals surface area contributed by atoms with Crippen LogP contribution >= 0.6 is 0 Å². The molecule has 0 fully saturated rings. The van der Waals surface area contributed by atoms with Crippen molar-refractivity contribution in [2.24, 2.45) is 0 Å². The Labute approximate surface area is 424 Å². The van der Waals surface area contributed by atoms with Gasteiger partial charge in [-0.3, -0.25) is 0 Å². The van der Waals surface area contributed by atoms with Crippen molar-refractivity contribution >= 4 is 68.6 Å². The van der Waals surface area contributed by atoms with Crippen LogP contribution in [0.2, 0.25) is 0 Å². The maximum Gasteiger partial charge on any atom is 0.252 e. The Kier molecular flexibility index (Phi) is 9.98. The van der Waals surface area contributed by atoms with Gasteiger partial charge in [0.2, 0.25) is 0 Å². The van der Waals surface area contributed by atoms with Crippen LogP contribution in [-0.4, -0.2) is 6.71 Å². The summed E-state index contributed by atoms with van der Waals surface area (Å²) in [5.41, 5.74) is 25.5. The molecule has 2 unspecified atom stereocenters. The van der Waals surface area contributed by atoms with Gasteiger partial charge in [0, 0.05) is 50.9 Å². The summed E-state index contributed by atoms with van der Waals surface area (Å²) in [6, 6.07) is 66.1. The number of hydrogen-bond acceptors (Lipinski definition) is 3. The summed E-state index contributed by atoms with van der Waals surface area (Å²) < 4.78 is 0. The fourth-order valence-electron chi connectivity index (χ4n) is 13.0. The van der Waals surface area contributed by atoms with Crippen LogP contribution in [0, 0.1) is 6.92 Å². The van der Waals surface area contributed by atoms with Crippen molar-refractivity contribution in [2.45, 2.75) is 123 Å². The maximum atomic E-state index is 2.74. The highest BCUT2D eigenvalue weighted by Gasteiger charge is 2.60. The van der Waals surface area contributed by atoms with Gasteiger partial charge in [-0.15, -0.1) is 0 Å². The number of aryl methyl sites for hydroxylation is 2. The van der Waals surface area contributed by atoms with Crippen LogP contribution in [0.3, 0.4) is 0 Å². The normalized spacial score (nSPS) is 18.9. The monoisotopic (exact) mass is 926 g/mol. The van der Waals surface area contributed by atoms with E-state index in [2.05, 4.69) is 268 Å². The van der Waals surface area contributed by atoms with Crippen molar-refractivity contribution in [3.05, 3.63) is 209 Å². The predicted molar refractivity (Wildman–Crippen MR) is 305 cm³/mol. The molecule has 3 nitrogen and oxygen atoms in total. The summed E-state index contributed by atoms with van der Waals surface area (Å²) in [4.78, 5) is 7.94. The van der Waals surface area contributed by atoms with E-state index in [4.69, 9.17) is 0 Å². The zero-order chi connectivity index (χ0) is 49.6. The highest BCUT2D eigenvalue weighted by molar-refractivity contribution is 7.00. The molecule has 0 aromatic heterocycles. The molecule has 1 aliphatic carbocycles. The standard InChI is InChI=1S/C67H68BN3/c1-43-37-60-62-61(38-43)70(51-23-18-22-48(40-51)64(5,6)7)58-41-49(65(8,9)10)28-32-55(58)68(62)56-33-31-52(42-59(56)69(60)50-29-26-47(27-30-50)63(2,3)4)71-57-34-25-46(44-19-14-13-15-20-44)39-54(57)66(11)36-35-45-21-16-17-24-53(45)67(66,71)12/h13-34,37-42H,35-36H2,1-12H3. The van der Waals surface area contributed by atoms with Crippen LogP contribution in [0.5, 0.6) is 0 Å². The zero-order valence-electron chi connectivity index (χ0n) is 44.0. The molecule has 8 aromatic rings. The Bertz CT molecular complexity index is 3440. The topological polar surface area (TPSA) is 9.72 Å². The average molecular weight is 926 g/mol. The van der Waals surface area contributed by atoms with E-state index >= 15 is 0 Å². The molecule has 3 heterocycles. The zero-order valence-corrected chi connectivity index (χ0v) is 44.0. The highest BCUT2D eigenvalue weighted by atomic mass is 15.3. The number of fused-ring (bicyclic) bond motifs is 9. The van der Waals surface area contributed by atoms with Crippen LogP contribution in [-0.2, 0) is 33.6 Å². The van der Waals surface area contributed by atoms with Gasteiger partial charge in [-0.2, -0.15) is 0 Å². The maximum absolute atomic E-state index is 2.74. The van der Waals surface area contributed by atoms with Gasteiger partial charge in [0.25, 0.3) is 6.71 Å². The largest absolute Gasteiger partial charge is 0.330 e. The summed E-state index contributed by atoms with van der Waals surface area (Å²) in [5.74, 6) is 0. The summed E-state index contributed by atoms with van der Waals surface area (Å²) in [5, 5.41) is 0. The molecule has 0 saturated carbocycles. The molecule has 71 heavy (non-hydrogen) atoms. The molecular weight excluding hydrogens is 858 g/mol. The molecule has 354 valence electrons. The van der Waals surface area contributed by atoms with Gasteiger partial charge in [-0.05, 0) is 176 Å².